The van der Waals surface area contributed by atoms with Gasteiger partial charge in [-0.2, -0.15) is 0 Å². The Morgan fingerprint density at radius 2 is 2.10 bits per heavy atom. The van der Waals surface area contributed by atoms with Gasteiger partial charge in [0.1, 0.15) is 17.6 Å². The van der Waals surface area contributed by atoms with Crippen LogP contribution in [0.2, 0.25) is 0 Å². The van der Waals surface area contributed by atoms with Gasteiger partial charge in [-0.3, -0.25) is 10.1 Å². The van der Waals surface area contributed by atoms with Crippen molar-refractivity contribution in [3.8, 4) is 5.75 Å². The molecule has 0 aliphatic carbocycles. The van der Waals surface area contributed by atoms with Crippen molar-refractivity contribution in [1.82, 2.24) is 4.98 Å². The van der Waals surface area contributed by atoms with Crippen molar-refractivity contribution in [2.75, 3.05) is 52.8 Å². The zero-order valence-electron chi connectivity index (χ0n) is 17.3. The molecule has 0 saturated carbocycles. The van der Waals surface area contributed by atoms with Gasteiger partial charge in [0.15, 0.2) is 0 Å². The number of likely N-dealkylation sites (N-methyl/N-ethyl adjacent to an activating group) is 1. The van der Waals surface area contributed by atoms with Crippen LogP contribution in [-0.2, 0) is 0 Å². The largest absolute Gasteiger partial charge is 0.494 e. The molecule has 1 heterocycles. The number of quaternary nitrogens is 1. The van der Waals surface area contributed by atoms with Crippen LogP contribution < -0.4 is 9.64 Å². The van der Waals surface area contributed by atoms with Crippen molar-refractivity contribution in [2.45, 2.75) is 13.0 Å². The predicted molar refractivity (Wildman–Crippen MR) is 113 cm³/mol. The van der Waals surface area contributed by atoms with Crippen molar-refractivity contribution in [3.63, 3.8) is 0 Å². The highest BCUT2D eigenvalue weighted by atomic mass is 32.1. The maximum Gasteiger partial charge on any atom is 0.345 e. The van der Waals surface area contributed by atoms with Gasteiger partial charge < -0.3 is 19.2 Å². The quantitative estimate of drug-likeness (QED) is 0.271. The number of hydrogen-bond acceptors (Lipinski definition) is 9. The number of azo groups is 1. The second kappa shape index (κ2) is 9.72. The van der Waals surface area contributed by atoms with Crippen molar-refractivity contribution in [3.05, 3.63) is 34.5 Å². The molecule has 10 nitrogen and oxygen atoms in total. The van der Waals surface area contributed by atoms with Crippen LogP contribution >= 0.6 is 11.3 Å². The molecular weight excluding hydrogens is 396 g/mol. The van der Waals surface area contributed by atoms with E-state index in [1.807, 2.05) is 12.1 Å². The fourth-order valence-corrected chi connectivity index (χ4v) is 3.05. The summed E-state index contributed by atoms with van der Waals surface area (Å²) < 4.78 is 6.25. The lowest BCUT2D eigenvalue weighted by Gasteiger charge is -2.31. The summed E-state index contributed by atoms with van der Waals surface area (Å²) in [6.07, 6.45) is 0.676. The number of methoxy groups -OCH3 is 1. The first-order valence-corrected chi connectivity index (χ1v) is 9.84. The van der Waals surface area contributed by atoms with Crippen molar-refractivity contribution < 1.29 is 19.2 Å². The molecule has 2 aromatic rings. The molecule has 0 spiro atoms. The molecular formula is C18H27N6O4S+. The van der Waals surface area contributed by atoms with E-state index in [4.69, 9.17) is 4.74 Å². The fourth-order valence-electron chi connectivity index (χ4n) is 2.50. The fraction of sp³-hybridized carbons (Fsp3) is 0.500. The minimum Gasteiger partial charge on any atom is -0.494 e. The maximum absolute atomic E-state index is 10.7. The van der Waals surface area contributed by atoms with Gasteiger partial charge in [-0.05, 0) is 30.4 Å². The van der Waals surface area contributed by atoms with Crippen LogP contribution in [0.1, 0.15) is 6.92 Å². The number of hydrogen-bond donors (Lipinski definition) is 1. The Labute approximate surface area is 173 Å². The third kappa shape index (κ3) is 7.04. The Kier molecular flexibility index (Phi) is 7.59. The number of nitrogens with zero attached hydrogens (tertiary/aromatic N) is 6. The van der Waals surface area contributed by atoms with Gasteiger partial charge in [0.05, 0.1) is 52.4 Å². The van der Waals surface area contributed by atoms with Crippen molar-refractivity contribution in [1.29, 1.82) is 0 Å². The van der Waals surface area contributed by atoms with Gasteiger partial charge in [-0.15, -0.1) is 10.2 Å². The monoisotopic (exact) mass is 423 g/mol. The average Bonchev–Trinajstić information content (AvgIpc) is 3.11. The summed E-state index contributed by atoms with van der Waals surface area (Å²) in [5, 5.41) is 28.8. The first kappa shape index (κ1) is 22.7. The second-order valence-corrected chi connectivity index (χ2v) is 8.59. The van der Waals surface area contributed by atoms with E-state index in [0.717, 1.165) is 40.8 Å². The van der Waals surface area contributed by atoms with Crippen LogP contribution in [0.25, 0.3) is 0 Å². The summed E-state index contributed by atoms with van der Waals surface area (Å²) >= 11 is 0.848. The van der Waals surface area contributed by atoms with E-state index >= 15 is 0 Å². The summed E-state index contributed by atoms with van der Waals surface area (Å²) in [5.41, 5.74) is 1.39. The van der Waals surface area contributed by atoms with Crippen LogP contribution in [0.4, 0.5) is 21.5 Å². The summed E-state index contributed by atoms with van der Waals surface area (Å²) in [4.78, 5) is 16.2. The molecule has 0 aliphatic heterocycles. The molecule has 158 valence electrons. The van der Waals surface area contributed by atoms with E-state index in [0.29, 0.717) is 18.0 Å². The van der Waals surface area contributed by atoms with Gasteiger partial charge in [0.25, 0.3) is 0 Å². The number of rotatable bonds is 10. The molecule has 1 atom stereocenters. The second-order valence-electron chi connectivity index (χ2n) is 7.60. The Balaban J connectivity index is 2.24. The minimum atomic E-state index is -0.515. The first-order valence-electron chi connectivity index (χ1n) is 9.02. The number of anilines is 1. The van der Waals surface area contributed by atoms with Crippen LogP contribution in [0.3, 0.4) is 0 Å². The van der Waals surface area contributed by atoms with E-state index in [9.17, 15) is 15.2 Å². The zero-order chi connectivity index (χ0) is 21.6. The molecule has 2 rings (SSSR count). The Hall–Kier alpha value is -2.63. The van der Waals surface area contributed by atoms with Crippen LogP contribution in [0.5, 0.6) is 5.75 Å². The lowest BCUT2D eigenvalue weighted by atomic mass is 10.2. The number of aliphatic hydroxyl groups is 1. The van der Waals surface area contributed by atoms with E-state index in [-0.39, 0.29) is 10.1 Å². The highest BCUT2D eigenvalue weighted by Crippen LogP contribution is 2.35. The smallest absolute Gasteiger partial charge is 0.345 e. The number of aromatic nitrogens is 1. The number of ether oxygens (including phenoxy) is 1. The number of aliphatic hydroxyl groups excluding tert-OH is 1. The molecule has 1 aromatic heterocycles. The molecule has 29 heavy (non-hydrogen) atoms. The number of nitro groups is 1. The molecule has 1 N–H and O–H groups in total. The van der Waals surface area contributed by atoms with Gasteiger partial charge in [-0.25, -0.2) is 4.98 Å². The number of benzene rings is 1. The van der Waals surface area contributed by atoms with E-state index in [2.05, 4.69) is 41.3 Å². The Morgan fingerprint density at radius 1 is 1.38 bits per heavy atom. The predicted octanol–water partition coefficient (Wildman–Crippen LogP) is 3.37. The third-order valence-electron chi connectivity index (χ3n) is 3.96. The number of thiazole rings is 1. The SMILES string of the molecule is COc1cc(N(CC[N+](C)(C)C)CC(C)O)ccc1N=Nc1ncc([N+](=O)[O-])s1. The van der Waals surface area contributed by atoms with E-state index in [1.165, 1.54) is 7.11 Å². The normalized spacial score (nSPS) is 12.9. The summed E-state index contributed by atoms with van der Waals surface area (Å²) in [5.74, 6) is 0.512. The first-order chi connectivity index (χ1) is 13.6. The summed E-state index contributed by atoms with van der Waals surface area (Å²) in [6.45, 7) is 3.92. The average molecular weight is 424 g/mol. The van der Waals surface area contributed by atoms with Crippen molar-refractivity contribution >= 4 is 32.8 Å². The van der Waals surface area contributed by atoms with Gasteiger partial charge in [0, 0.05) is 18.3 Å². The van der Waals surface area contributed by atoms with Gasteiger partial charge in [0.2, 0.25) is 5.13 Å². The van der Waals surface area contributed by atoms with E-state index in [1.54, 1.807) is 13.0 Å². The Bertz CT molecular complexity index is 862. The van der Waals surface area contributed by atoms with Crippen LogP contribution in [-0.4, -0.2) is 73.5 Å². The molecule has 1 aromatic carbocycles. The maximum atomic E-state index is 10.7. The van der Waals surface area contributed by atoms with E-state index < -0.39 is 11.0 Å². The highest BCUT2D eigenvalue weighted by Gasteiger charge is 2.16. The molecule has 1 unspecified atom stereocenters. The molecule has 0 saturated heterocycles. The topological polar surface area (TPSA) is 113 Å². The zero-order valence-corrected chi connectivity index (χ0v) is 18.1. The highest BCUT2D eigenvalue weighted by molar-refractivity contribution is 7.18. The standard InChI is InChI=1S/C18H27N6O4S/c1-13(25)12-22(8-9-24(2,3)4)14-6-7-15(16(10-14)28-5)20-21-18-19-11-17(29-18)23(26)27/h6-7,10-11,13,25H,8-9,12H2,1-5H3/q+1. The van der Waals surface area contributed by atoms with Crippen LogP contribution in [0.15, 0.2) is 34.6 Å². The summed E-state index contributed by atoms with van der Waals surface area (Å²) in [7, 11) is 7.89. The minimum absolute atomic E-state index is 0.0905. The molecule has 0 radical (unpaired) electrons. The third-order valence-corrected chi connectivity index (χ3v) is 4.79. The Morgan fingerprint density at radius 3 is 2.66 bits per heavy atom. The molecule has 0 aliphatic rings. The molecule has 0 amide bonds. The van der Waals surface area contributed by atoms with Gasteiger partial charge >= 0.3 is 5.00 Å². The molecule has 0 bridgehead atoms. The lowest BCUT2D eigenvalue weighted by Crippen LogP contribution is -2.43. The summed E-state index contributed by atoms with van der Waals surface area (Å²) in [6, 6.07) is 5.50. The van der Waals surface area contributed by atoms with Gasteiger partial charge in [-0.1, -0.05) is 0 Å². The lowest BCUT2D eigenvalue weighted by molar-refractivity contribution is -0.868. The molecule has 0 fully saturated rings. The van der Waals surface area contributed by atoms with Crippen LogP contribution in [0, 0.1) is 10.1 Å². The molecule has 11 heteroatoms. The van der Waals surface area contributed by atoms with Crippen molar-refractivity contribution in [2.24, 2.45) is 10.2 Å².